The Hall–Kier alpha value is -1.75. The molecule has 0 aliphatic rings. The van der Waals surface area contributed by atoms with E-state index < -0.39 is 0 Å². The van der Waals surface area contributed by atoms with E-state index in [-0.39, 0.29) is 0 Å². The van der Waals surface area contributed by atoms with E-state index >= 15 is 0 Å². The lowest BCUT2D eigenvalue weighted by molar-refractivity contribution is 1.46. The highest BCUT2D eigenvalue weighted by molar-refractivity contribution is 5.58. The predicted octanol–water partition coefficient (Wildman–Crippen LogP) is 2.11. The van der Waals surface area contributed by atoms with Gasteiger partial charge in [0.25, 0.3) is 0 Å². The molecule has 0 spiro atoms. The average Bonchev–Trinajstić information content (AvgIpc) is 2.07. The van der Waals surface area contributed by atoms with E-state index in [0.717, 1.165) is 16.8 Å². The van der Waals surface area contributed by atoms with Crippen LogP contribution in [0.1, 0.15) is 11.1 Å². The molecule has 0 aromatic heterocycles. The first-order chi connectivity index (χ1) is 5.74. The van der Waals surface area contributed by atoms with Crippen molar-refractivity contribution in [3.63, 3.8) is 0 Å². The number of nitrogen functional groups attached to an aromatic ring is 1. The van der Waals surface area contributed by atoms with Crippen LogP contribution in [0.25, 0.3) is 6.08 Å². The maximum Gasteiger partial charge on any atom is 0.0912 e. The first-order valence-electron chi connectivity index (χ1n) is 3.66. The lowest BCUT2D eigenvalue weighted by Crippen LogP contribution is -1.88. The number of aryl methyl sites for hydroxylation is 1. The van der Waals surface area contributed by atoms with Crippen molar-refractivity contribution in [2.24, 2.45) is 0 Å². The van der Waals surface area contributed by atoms with Gasteiger partial charge < -0.3 is 5.73 Å². The van der Waals surface area contributed by atoms with Crippen LogP contribution >= 0.6 is 0 Å². The highest BCUT2D eigenvalue weighted by Crippen LogP contribution is 2.13. The summed E-state index contributed by atoms with van der Waals surface area (Å²) in [6.45, 7) is 1.94. The third-order valence-corrected chi connectivity index (χ3v) is 1.64. The summed E-state index contributed by atoms with van der Waals surface area (Å²) in [5.41, 5.74) is 8.45. The topological polar surface area (TPSA) is 49.8 Å². The van der Waals surface area contributed by atoms with E-state index in [2.05, 4.69) is 0 Å². The smallest absolute Gasteiger partial charge is 0.0912 e. The molecule has 1 rings (SSSR count). The normalized spacial score (nSPS) is 10.0. The summed E-state index contributed by atoms with van der Waals surface area (Å²) < 4.78 is 0. The van der Waals surface area contributed by atoms with Crippen LogP contribution in [0, 0.1) is 18.3 Å². The molecule has 0 radical (unpaired) electrons. The largest absolute Gasteiger partial charge is 0.399 e. The second kappa shape index (κ2) is 3.59. The van der Waals surface area contributed by atoms with Gasteiger partial charge in [0.15, 0.2) is 0 Å². The highest BCUT2D eigenvalue weighted by Gasteiger charge is 1.92. The molecule has 0 bridgehead atoms. The van der Waals surface area contributed by atoms with Gasteiger partial charge in [0, 0.05) is 11.8 Å². The average molecular weight is 158 g/mol. The number of hydrogen-bond acceptors (Lipinski definition) is 2. The van der Waals surface area contributed by atoms with Crippen molar-refractivity contribution in [1.82, 2.24) is 0 Å². The van der Waals surface area contributed by atoms with Gasteiger partial charge in [-0.25, -0.2) is 0 Å². The summed E-state index contributed by atoms with van der Waals surface area (Å²) in [6, 6.07) is 7.61. The second-order valence-electron chi connectivity index (χ2n) is 2.58. The Morgan fingerprint density at radius 3 is 2.83 bits per heavy atom. The van der Waals surface area contributed by atoms with Crippen molar-refractivity contribution in [3.8, 4) is 6.07 Å². The summed E-state index contributed by atoms with van der Waals surface area (Å²) in [6.07, 6.45) is 3.21. The molecule has 0 amide bonds. The SMILES string of the molecule is Cc1cc(C=CC#N)ccc1N. The van der Waals surface area contributed by atoms with Crippen LogP contribution in [0.5, 0.6) is 0 Å². The molecule has 2 nitrogen and oxygen atoms in total. The van der Waals surface area contributed by atoms with Crippen LogP contribution in [-0.2, 0) is 0 Å². The molecule has 0 atom stereocenters. The molecule has 0 saturated carbocycles. The Labute approximate surface area is 71.9 Å². The zero-order chi connectivity index (χ0) is 8.97. The van der Waals surface area contributed by atoms with Gasteiger partial charge >= 0.3 is 0 Å². The van der Waals surface area contributed by atoms with E-state index in [1.54, 1.807) is 6.08 Å². The van der Waals surface area contributed by atoms with Crippen LogP contribution in [-0.4, -0.2) is 0 Å². The van der Waals surface area contributed by atoms with Gasteiger partial charge in [-0.2, -0.15) is 5.26 Å². The Bertz CT molecular complexity index is 345. The summed E-state index contributed by atoms with van der Waals surface area (Å²) in [4.78, 5) is 0. The van der Waals surface area contributed by atoms with Crippen LogP contribution in [0.3, 0.4) is 0 Å². The molecular formula is C10H10N2. The number of nitriles is 1. The second-order valence-corrected chi connectivity index (χ2v) is 2.58. The monoisotopic (exact) mass is 158 g/mol. The standard InChI is InChI=1S/C10H10N2/c1-8-7-9(3-2-6-11)4-5-10(8)12/h2-5,7H,12H2,1H3. The molecule has 0 fully saturated rings. The number of anilines is 1. The lowest BCUT2D eigenvalue weighted by Gasteiger charge is -1.99. The van der Waals surface area contributed by atoms with Crippen LogP contribution in [0.4, 0.5) is 5.69 Å². The summed E-state index contributed by atoms with van der Waals surface area (Å²) in [7, 11) is 0. The van der Waals surface area contributed by atoms with E-state index in [4.69, 9.17) is 11.0 Å². The number of rotatable bonds is 1. The van der Waals surface area contributed by atoms with Crippen LogP contribution < -0.4 is 5.73 Å². The third-order valence-electron chi connectivity index (χ3n) is 1.64. The van der Waals surface area contributed by atoms with E-state index in [9.17, 15) is 0 Å². The summed E-state index contributed by atoms with van der Waals surface area (Å²) in [5.74, 6) is 0. The predicted molar refractivity (Wildman–Crippen MR) is 50.2 cm³/mol. The van der Waals surface area contributed by atoms with Gasteiger partial charge in [-0.3, -0.25) is 0 Å². The molecule has 0 aliphatic carbocycles. The first kappa shape index (κ1) is 8.35. The fourth-order valence-corrected chi connectivity index (χ4v) is 0.936. The van der Waals surface area contributed by atoms with E-state index in [1.165, 1.54) is 6.08 Å². The van der Waals surface area contributed by atoms with Gasteiger partial charge in [-0.15, -0.1) is 0 Å². The summed E-state index contributed by atoms with van der Waals surface area (Å²) in [5, 5.41) is 8.29. The Kier molecular flexibility index (Phi) is 2.49. The molecule has 1 aromatic rings. The minimum Gasteiger partial charge on any atom is -0.399 e. The fourth-order valence-electron chi connectivity index (χ4n) is 0.936. The molecule has 2 N–H and O–H groups in total. The Morgan fingerprint density at radius 1 is 1.50 bits per heavy atom. The Balaban J connectivity index is 2.99. The number of benzene rings is 1. The molecule has 12 heavy (non-hydrogen) atoms. The number of hydrogen-bond donors (Lipinski definition) is 1. The van der Waals surface area contributed by atoms with Crippen molar-refractivity contribution in [3.05, 3.63) is 35.4 Å². The summed E-state index contributed by atoms with van der Waals surface area (Å²) >= 11 is 0. The molecule has 2 heteroatoms. The van der Waals surface area contributed by atoms with Crippen molar-refractivity contribution < 1.29 is 0 Å². The van der Waals surface area contributed by atoms with Gasteiger partial charge in [-0.05, 0) is 36.3 Å². The van der Waals surface area contributed by atoms with Crippen molar-refractivity contribution in [2.75, 3.05) is 5.73 Å². The lowest BCUT2D eigenvalue weighted by atomic mass is 10.1. The van der Waals surface area contributed by atoms with Gasteiger partial charge in [0.05, 0.1) is 6.07 Å². The van der Waals surface area contributed by atoms with Crippen molar-refractivity contribution in [1.29, 1.82) is 5.26 Å². The maximum absolute atomic E-state index is 8.29. The molecule has 0 aliphatic heterocycles. The molecular weight excluding hydrogens is 148 g/mol. The third kappa shape index (κ3) is 1.86. The minimum absolute atomic E-state index is 0.782. The molecule has 1 aromatic carbocycles. The van der Waals surface area contributed by atoms with Crippen LogP contribution in [0.15, 0.2) is 24.3 Å². The number of allylic oxidation sites excluding steroid dienone is 1. The fraction of sp³-hybridized carbons (Fsp3) is 0.100. The highest BCUT2D eigenvalue weighted by atomic mass is 14.5. The van der Waals surface area contributed by atoms with E-state index in [1.807, 2.05) is 31.2 Å². The minimum atomic E-state index is 0.782. The molecule has 0 unspecified atom stereocenters. The van der Waals surface area contributed by atoms with Crippen molar-refractivity contribution >= 4 is 11.8 Å². The van der Waals surface area contributed by atoms with Gasteiger partial charge in [0.1, 0.15) is 0 Å². The molecule has 0 saturated heterocycles. The van der Waals surface area contributed by atoms with Crippen molar-refractivity contribution in [2.45, 2.75) is 6.92 Å². The number of nitrogens with zero attached hydrogens (tertiary/aromatic N) is 1. The van der Waals surface area contributed by atoms with Crippen LogP contribution in [0.2, 0.25) is 0 Å². The zero-order valence-electron chi connectivity index (χ0n) is 6.91. The zero-order valence-corrected chi connectivity index (χ0v) is 6.91. The van der Waals surface area contributed by atoms with E-state index in [0.29, 0.717) is 0 Å². The molecule has 0 heterocycles. The Morgan fingerprint density at radius 2 is 2.25 bits per heavy atom. The quantitative estimate of drug-likeness (QED) is 0.502. The number of nitrogens with two attached hydrogens (primary N) is 1. The van der Waals surface area contributed by atoms with Gasteiger partial charge in [-0.1, -0.05) is 6.07 Å². The first-order valence-corrected chi connectivity index (χ1v) is 3.66. The maximum atomic E-state index is 8.29. The molecule has 60 valence electrons. The van der Waals surface area contributed by atoms with Gasteiger partial charge in [0.2, 0.25) is 0 Å².